The zero-order valence-electron chi connectivity index (χ0n) is 55.0. The molecule has 6 aliphatic rings. The van der Waals surface area contributed by atoms with Gasteiger partial charge in [0.25, 0.3) is 11.8 Å². The highest BCUT2D eigenvalue weighted by molar-refractivity contribution is 6.11. The summed E-state index contributed by atoms with van der Waals surface area (Å²) in [6.07, 6.45) is -5.48. The maximum Gasteiger partial charge on any atom is 0.329 e. The Morgan fingerprint density at radius 3 is 1.82 bits per heavy atom. The third-order valence-electron chi connectivity index (χ3n) is 17.9. The number of esters is 2. The lowest BCUT2D eigenvalue weighted by Gasteiger charge is -2.37. The Morgan fingerprint density at radius 2 is 1.25 bits per heavy atom. The monoisotopic (exact) mass is 1300 g/mol. The molecule has 4 fully saturated rings. The van der Waals surface area contributed by atoms with Gasteiger partial charge >= 0.3 is 11.9 Å². The number of carbonyl (C=O) groups excluding carboxylic acids is 13. The molecule has 506 valence electrons. The lowest BCUT2D eigenvalue weighted by Crippen LogP contribution is -2.62. The van der Waals surface area contributed by atoms with Gasteiger partial charge < -0.3 is 80.5 Å². The highest BCUT2D eigenvalue weighted by atomic mass is 16.6. The zero-order valence-corrected chi connectivity index (χ0v) is 55.0. The molecule has 4 saturated heterocycles. The Morgan fingerprint density at radius 1 is 0.699 bits per heavy atom. The van der Waals surface area contributed by atoms with Gasteiger partial charge in [-0.25, -0.2) is 14.6 Å². The van der Waals surface area contributed by atoms with Crippen LogP contribution in [0.25, 0.3) is 22.6 Å². The van der Waals surface area contributed by atoms with Crippen molar-refractivity contribution in [1.29, 1.82) is 0 Å². The van der Waals surface area contributed by atoms with E-state index in [0.717, 1.165) is 29.4 Å². The Bertz CT molecular complexity index is 3590. The van der Waals surface area contributed by atoms with Gasteiger partial charge in [-0.1, -0.05) is 47.6 Å². The summed E-state index contributed by atoms with van der Waals surface area (Å²) in [5.74, 6) is -14.9. The summed E-state index contributed by atoms with van der Waals surface area (Å²) in [5.41, 5.74) is 2.69. The quantitative estimate of drug-likeness (QED) is 0.0728. The Kier molecular flexibility index (Phi) is 21.5. The number of likely N-dealkylation sites (N-methyl/N-ethyl adjacent to an activating group) is 4. The number of rotatable bonds is 8. The molecule has 13 atom stereocenters. The number of benzene rings is 2. The zero-order chi connectivity index (χ0) is 69.6. The van der Waals surface area contributed by atoms with Gasteiger partial charge in [0.1, 0.15) is 65.6 Å². The number of fused-ring (bicyclic) bond motifs is 4. The smallest absolute Gasteiger partial charge is 0.329 e. The van der Waals surface area contributed by atoms with Crippen molar-refractivity contribution in [3.8, 4) is 11.5 Å². The van der Waals surface area contributed by atoms with Crippen molar-refractivity contribution in [3.05, 3.63) is 44.6 Å². The summed E-state index contributed by atoms with van der Waals surface area (Å²) < 4.78 is 17.9. The minimum atomic E-state index is -2.20. The molecule has 5 unspecified atom stereocenters. The van der Waals surface area contributed by atoms with E-state index in [1.54, 1.807) is 41.5 Å². The molecule has 93 heavy (non-hydrogen) atoms. The standard InChI is InChI=1S/C62H84N12O19/c1-24(2)42-58(86)73-28(8)19-36(77)49(73)60(88)70(14)22-39(79)72(16)48(26(5)6)62(90)91-32(12)44(55(83)65-42)67-53(81)33-18-17-27(7)51-45(33)64-47-40(41(63)50(80)29(9)52(47)93-51)54(82)68-46-37(23-75)92-61(89)31(11)71(15)38(78)21-69(13)57(85)34-20-35(76)30(10)74(34)59(87)43(25(3)4)66-56(46)84/h17-18,24-26,28,30-32,34,36-37,42-44,46,48-49,75,77H,19-23,63H2,1-16H3,(H,65,83)(H,66,84)(H,67,81)(H,68,82)/t28?,30?,31-,32?,34-,36?,37?,42+,43+,44-,46-,48-,49-/m0/s1. The number of carbonyl (C=O) groups is 13. The Hall–Kier alpha value is -9.13. The van der Waals surface area contributed by atoms with E-state index >= 15 is 9.59 Å². The number of hydrogen-bond donors (Lipinski definition) is 7. The topological polar surface area (TPSA) is 418 Å². The molecule has 31 nitrogen and oxygen atoms in total. The first-order chi connectivity index (χ1) is 43.4. The minimum absolute atomic E-state index is 0.0373. The fourth-order valence-electron chi connectivity index (χ4n) is 12.2. The fraction of sp³-hybridized carbons (Fsp3) is 0.597. The number of nitrogen functional groups attached to an aromatic ring is 1. The maximum atomic E-state index is 15.2. The van der Waals surface area contributed by atoms with Gasteiger partial charge in [-0.3, -0.25) is 57.5 Å². The largest absolute Gasteiger partial charge is 0.458 e. The average molecular weight is 1300 g/mol. The van der Waals surface area contributed by atoms with Crippen LogP contribution in [0.3, 0.4) is 0 Å². The molecule has 10 amide bonds. The van der Waals surface area contributed by atoms with E-state index in [1.807, 2.05) is 0 Å². The van der Waals surface area contributed by atoms with E-state index in [0.29, 0.717) is 5.56 Å². The van der Waals surface area contributed by atoms with Crippen molar-refractivity contribution < 1.29 is 86.4 Å². The van der Waals surface area contributed by atoms with Gasteiger partial charge in [-0.05, 0) is 77.3 Å². The highest BCUT2D eigenvalue weighted by Crippen LogP contribution is 2.36. The number of aliphatic hydroxyl groups is 2. The molecule has 1 aliphatic carbocycles. The highest BCUT2D eigenvalue weighted by Gasteiger charge is 2.52. The first kappa shape index (κ1) is 71.3. The number of cyclic esters (lactones) is 2. The van der Waals surface area contributed by atoms with Crippen LogP contribution < -0.4 is 32.4 Å². The van der Waals surface area contributed by atoms with E-state index in [2.05, 4.69) is 21.3 Å². The molecular weight excluding hydrogens is 1220 g/mol. The molecule has 0 bridgehead atoms. The number of Topliss-reactive ketones (excluding diaryl/α,β-unsaturated/α-hetero) is 1. The lowest BCUT2D eigenvalue weighted by atomic mass is 9.98. The van der Waals surface area contributed by atoms with Crippen LogP contribution in [-0.4, -0.2) is 248 Å². The summed E-state index contributed by atoms with van der Waals surface area (Å²) in [6, 6.07) is -12.0. The number of ketones is 1. The predicted molar refractivity (Wildman–Crippen MR) is 329 cm³/mol. The first-order valence-corrected chi connectivity index (χ1v) is 30.6. The molecule has 1 aromatic carbocycles. The van der Waals surface area contributed by atoms with E-state index in [1.165, 1.54) is 81.9 Å². The van der Waals surface area contributed by atoms with Crippen molar-refractivity contribution in [2.24, 2.45) is 17.8 Å². The first-order valence-electron chi connectivity index (χ1n) is 30.6. The molecular formula is C62H84N12O19. The van der Waals surface area contributed by atoms with E-state index in [9.17, 15) is 67.7 Å². The number of hydrogen-bond acceptors (Lipinski definition) is 21. The van der Waals surface area contributed by atoms with Crippen LogP contribution in [0.15, 0.2) is 21.3 Å². The van der Waals surface area contributed by atoms with Gasteiger partial charge in [0, 0.05) is 46.2 Å². The number of nitrogens with two attached hydrogens (primary N) is 1. The Balaban J connectivity index is 1.34. The van der Waals surface area contributed by atoms with Crippen LogP contribution in [0, 0.1) is 31.6 Å². The van der Waals surface area contributed by atoms with Crippen molar-refractivity contribution in [3.63, 3.8) is 0 Å². The number of ether oxygens (including phenoxy) is 2. The molecule has 31 heteroatoms. The van der Waals surface area contributed by atoms with Crippen LogP contribution in [-0.2, 0) is 62.2 Å². The summed E-state index contributed by atoms with van der Waals surface area (Å²) in [5, 5.41) is 32.4. The third kappa shape index (κ3) is 13.8. The fourth-order valence-corrected chi connectivity index (χ4v) is 12.2. The molecule has 0 aromatic heterocycles. The molecule has 0 radical (unpaired) electrons. The van der Waals surface area contributed by atoms with Gasteiger partial charge in [0.2, 0.25) is 52.7 Å². The molecule has 1 aromatic rings. The second kappa shape index (κ2) is 28.0. The van der Waals surface area contributed by atoms with Crippen LogP contribution in [0.4, 0.5) is 5.69 Å². The summed E-state index contributed by atoms with van der Waals surface area (Å²) in [7, 11) is 5.11. The number of nitrogens with zero attached hydrogens (tertiary/aromatic N) is 7. The van der Waals surface area contributed by atoms with E-state index in [-0.39, 0.29) is 34.4 Å². The normalized spacial score (nSPS) is 28.1. The summed E-state index contributed by atoms with van der Waals surface area (Å²) >= 11 is 0. The number of amides is 10. The van der Waals surface area contributed by atoms with E-state index < -0.39 is 222 Å². The molecule has 5 heterocycles. The second-order valence-corrected chi connectivity index (χ2v) is 25.6. The molecule has 5 aliphatic heterocycles. The number of anilines is 1. The number of aromatic nitrogens is 1. The molecule has 0 spiro atoms. The third-order valence-corrected chi connectivity index (χ3v) is 17.9. The second-order valence-electron chi connectivity index (χ2n) is 25.6. The van der Waals surface area contributed by atoms with Gasteiger partial charge in [0.15, 0.2) is 23.2 Å². The summed E-state index contributed by atoms with van der Waals surface area (Å²) in [4.78, 5) is 212. The summed E-state index contributed by atoms with van der Waals surface area (Å²) in [6.45, 7) is 15.5. The SMILES string of the molecule is Cc1c2oc3c(C)ccc(C(=O)N[C@@H]4C(=O)N[C@H](C(C)C)C(=O)N5C(C)CC(O)[C@H]5C(=O)N(C)CC(=O)N(C)[C@@H](C(C)C)C(=O)OC4C)c3nc-2c(C(=O)N[C@@H]2C(=O)N[C@H](C(C)C)C(=O)N3C(C)C(=O)C[C@H]3C(=O)N(C)CC(=O)N(C)[C@@H](C)C(=O)OC2CO)c(N)c1=O. The number of aryl methyl sites for hydroxylation is 1. The molecule has 7 rings (SSSR count). The average Bonchev–Trinajstić information content (AvgIpc) is 1.54. The van der Waals surface area contributed by atoms with Gasteiger partial charge in [-0.2, -0.15) is 0 Å². The van der Waals surface area contributed by atoms with Crippen molar-refractivity contribution in [2.75, 3.05) is 53.6 Å². The predicted octanol–water partition coefficient (Wildman–Crippen LogP) is -2.01. The van der Waals surface area contributed by atoms with Crippen LogP contribution in [0.5, 0.6) is 0 Å². The van der Waals surface area contributed by atoms with Gasteiger partial charge in [-0.15, -0.1) is 0 Å². The number of nitrogens with one attached hydrogen (secondary N) is 4. The molecule has 0 saturated carbocycles. The van der Waals surface area contributed by atoms with Crippen molar-refractivity contribution >= 4 is 93.6 Å². The Labute approximate surface area is 536 Å². The maximum absolute atomic E-state index is 15.2. The van der Waals surface area contributed by atoms with Crippen molar-refractivity contribution in [2.45, 2.75) is 175 Å². The van der Waals surface area contributed by atoms with Crippen molar-refractivity contribution in [1.82, 2.24) is 55.7 Å². The molecule has 8 N–H and O–H groups in total. The van der Waals surface area contributed by atoms with Crippen LogP contribution >= 0.6 is 0 Å². The lowest BCUT2D eigenvalue weighted by molar-refractivity contribution is -0.163. The van der Waals surface area contributed by atoms with E-state index in [4.69, 9.17) is 24.6 Å². The van der Waals surface area contributed by atoms with Gasteiger partial charge in [0.05, 0.1) is 48.7 Å². The minimum Gasteiger partial charge on any atom is -0.458 e. The number of aliphatic hydroxyl groups excluding tert-OH is 2. The van der Waals surface area contributed by atoms with Crippen LogP contribution in [0.1, 0.15) is 114 Å². The van der Waals surface area contributed by atoms with Crippen LogP contribution in [0.2, 0.25) is 0 Å².